The average Bonchev–Trinajstić information content (AvgIpc) is 3.04. The summed E-state index contributed by atoms with van der Waals surface area (Å²) in [5, 5.41) is 3.22. The van der Waals surface area contributed by atoms with Crippen LogP contribution in [0.15, 0.2) is 18.2 Å². The molecule has 0 unspecified atom stereocenters. The molecule has 3 fully saturated rings. The Kier molecular flexibility index (Phi) is 6.25. The molecule has 152 valence electrons. The number of carbonyl (C=O) groups excluding carboxylic acids is 1. The van der Waals surface area contributed by atoms with Crippen LogP contribution in [-0.4, -0.2) is 54.9 Å². The van der Waals surface area contributed by atoms with Crippen LogP contribution < -0.4 is 15.1 Å². The topological polar surface area (TPSA) is 44.8 Å². The molecule has 0 bridgehead atoms. The number of benzene rings is 1. The third-order valence-electron chi connectivity index (χ3n) is 5.69. The van der Waals surface area contributed by atoms with E-state index >= 15 is 0 Å². The van der Waals surface area contributed by atoms with Crippen molar-refractivity contribution in [1.82, 2.24) is 5.32 Å². The Labute approximate surface area is 175 Å². The van der Waals surface area contributed by atoms with Crippen LogP contribution in [0.4, 0.5) is 20.6 Å². The monoisotopic (exact) mass is 423 g/mol. The van der Waals surface area contributed by atoms with E-state index in [1.807, 2.05) is 11.8 Å². The number of hydrogen-bond acceptors (Lipinski definition) is 5. The van der Waals surface area contributed by atoms with Gasteiger partial charge in [0.15, 0.2) is 0 Å². The van der Waals surface area contributed by atoms with Crippen molar-refractivity contribution in [1.29, 1.82) is 0 Å². The summed E-state index contributed by atoms with van der Waals surface area (Å²) in [7, 11) is 0. The van der Waals surface area contributed by atoms with Gasteiger partial charge in [-0.3, -0.25) is 4.90 Å². The van der Waals surface area contributed by atoms with Gasteiger partial charge in [-0.25, -0.2) is 9.18 Å². The number of cyclic esters (lactones) is 1. The molecule has 1 aliphatic carbocycles. The molecule has 2 saturated heterocycles. The maximum Gasteiger partial charge on any atom is 0.414 e. The van der Waals surface area contributed by atoms with Crippen molar-refractivity contribution in [2.45, 2.75) is 31.8 Å². The zero-order chi connectivity index (χ0) is 19.5. The second-order valence-electron chi connectivity index (χ2n) is 7.66. The molecule has 28 heavy (non-hydrogen) atoms. The van der Waals surface area contributed by atoms with Crippen molar-refractivity contribution in [2.24, 2.45) is 5.92 Å². The van der Waals surface area contributed by atoms with Crippen LogP contribution in [0.25, 0.3) is 0 Å². The second-order valence-corrected chi connectivity index (χ2v) is 9.37. The van der Waals surface area contributed by atoms with E-state index in [4.69, 9.17) is 17.0 Å². The number of ether oxygens (including phenoxy) is 1. The number of thiocarbonyl (C=S) groups is 1. The highest BCUT2D eigenvalue weighted by Gasteiger charge is 2.33. The number of hydrogen-bond donors (Lipinski definition) is 1. The van der Waals surface area contributed by atoms with E-state index in [9.17, 15) is 9.18 Å². The van der Waals surface area contributed by atoms with Gasteiger partial charge < -0.3 is 15.0 Å². The van der Waals surface area contributed by atoms with Crippen LogP contribution in [0.5, 0.6) is 0 Å². The molecule has 1 N–H and O–H groups in total. The predicted molar refractivity (Wildman–Crippen MR) is 116 cm³/mol. The number of carbonyl (C=O) groups is 1. The Morgan fingerprint density at radius 2 is 2.11 bits per heavy atom. The molecule has 1 aromatic rings. The van der Waals surface area contributed by atoms with E-state index < -0.39 is 6.09 Å². The first-order valence-corrected chi connectivity index (χ1v) is 11.5. The van der Waals surface area contributed by atoms with Crippen LogP contribution in [0.3, 0.4) is 0 Å². The molecule has 0 aromatic heterocycles. The number of rotatable bonds is 6. The van der Waals surface area contributed by atoms with Crippen molar-refractivity contribution in [2.75, 3.05) is 47.5 Å². The number of nitrogens with one attached hydrogen (secondary N) is 1. The van der Waals surface area contributed by atoms with Gasteiger partial charge >= 0.3 is 6.09 Å². The summed E-state index contributed by atoms with van der Waals surface area (Å²) >= 11 is 7.28. The lowest BCUT2D eigenvalue weighted by Crippen LogP contribution is -2.35. The number of thioether (sulfide) groups is 1. The molecule has 0 radical (unpaired) electrons. The summed E-state index contributed by atoms with van der Waals surface area (Å²) in [6.07, 6.45) is 4.01. The highest BCUT2D eigenvalue weighted by molar-refractivity contribution is 7.99. The van der Waals surface area contributed by atoms with Gasteiger partial charge in [-0.15, -0.1) is 0 Å². The van der Waals surface area contributed by atoms with Crippen LogP contribution >= 0.6 is 24.0 Å². The standard InChI is InChI=1S/C20H26FN3O2S2/c21-17-11-15(4-5-18(17)23-6-8-28-9-7-23)24-13-16(26-20(24)25)12-22-19(27)10-14-2-1-3-14/h4-5,11,14,16H,1-3,6-10,12-13H2,(H,22,27)/t16-/m0/s1. The first-order chi connectivity index (χ1) is 13.6. The van der Waals surface area contributed by atoms with Crippen molar-refractivity contribution >= 4 is 46.4 Å². The third-order valence-corrected chi connectivity index (χ3v) is 6.95. The Morgan fingerprint density at radius 3 is 2.79 bits per heavy atom. The van der Waals surface area contributed by atoms with Gasteiger partial charge in [-0.05, 0) is 24.1 Å². The molecule has 2 heterocycles. The smallest absolute Gasteiger partial charge is 0.414 e. The fourth-order valence-corrected chi connectivity index (χ4v) is 5.04. The van der Waals surface area contributed by atoms with Crippen molar-refractivity contribution in [3.8, 4) is 0 Å². The molecular weight excluding hydrogens is 397 g/mol. The first-order valence-electron chi connectivity index (χ1n) is 9.97. The van der Waals surface area contributed by atoms with Crippen molar-refractivity contribution in [3.63, 3.8) is 0 Å². The normalized spacial score (nSPS) is 22.8. The quantitative estimate of drug-likeness (QED) is 0.702. The summed E-state index contributed by atoms with van der Waals surface area (Å²) in [5.74, 6) is 2.44. The molecule has 0 spiro atoms. The van der Waals surface area contributed by atoms with Crippen molar-refractivity contribution < 1.29 is 13.9 Å². The lowest BCUT2D eigenvalue weighted by atomic mass is 9.83. The van der Waals surface area contributed by atoms with Gasteiger partial charge in [0.2, 0.25) is 0 Å². The van der Waals surface area contributed by atoms with E-state index in [1.165, 1.54) is 30.2 Å². The lowest BCUT2D eigenvalue weighted by Gasteiger charge is -2.29. The minimum absolute atomic E-state index is 0.284. The molecule has 2 aliphatic heterocycles. The van der Waals surface area contributed by atoms with E-state index in [0.29, 0.717) is 30.4 Å². The second kappa shape index (κ2) is 8.86. The molecule has 4 rings (SSSR count). The molecule has 1 saturated carbocycles. The maximum atomic E-state index is 14.7. The largest absolute Gasteiger partial charge is 0.442 e. The summed E-state index contributed by atoms with van der Waals surface area (Å²) < 4.78 is 20.1. The minimum Gasteiger partial charge on any atom is -0.442 e. The zero-order valence-electron chi connectivity index (χ0n) is 15.9. The maximum absolute atomic E-state index is 14.7. The van der Waals surface area contributed by atoms with Gasteiger partial charge in [-0.2, -0.15) is 11.8 Å². The molecule has 3 aliphatic rings. The fourth-order valence-electron chi connectivity index (χ4n) is 3.82. The molecule has 1 atom stereocenters. The summed E-state index contributed by atoms with van der Waals surface area (Å²) in [6, 6.07) is 5.01. The Morgan fingerprint density at radius 1 is 1.32 bits per heavy atom. The predicted octanol–water partition coefficient (Wildman–Crippen LogP) is 3.81. The Bertz CT molecular complexity index is 738. The van der Waals surface area contributed by atoms with Crippen LogP contribution in [0.2, 0.25) is 0 Å². The SMILES string of the molecule is O=C1O[C@@H](CNC(=S)CC2CCC2)CN1c1ccc(N2CCSCC2)c(F)c1. The van der Waals surface area contributed by atoms with Crippen LogP contribution in [0.1, 0.15) is 25.7 Å². The Hall–Kier alpha value is -1.54. The Balaban J connectivity index is 1.33. The molecule has 1 amide bonds. The third kappa shape index (κ3) is 4.54. The average molecular weight is 424 g/mol. The van der Waals surface area contributed by atoms with Gasteiger partial charge in [0.25, 0.3) is 0 Å². The van der Waals surface area contributed by atoms with E-state index in [1.54, 1.807) is 12.1 Å². The minimum atomic E-state index is -0.432. The number of halogens is 1. The van der Waals surface area contributed by atoms with E-state index in [-0.39, 0.29) is 11.9 Å². The zero-order valence-corrected chi connectivity index (χ0v) is 17.5. The van der Waals surface area contributed by atoms with Crippen molar-refractivity contribution in [3.05, 3.63) is 24.0 Å². The molecule has 1 aromatic carbocycles. The molecular formula is C20H26FN3O2S2. The summed E-state index contributed by atoms with van der Waals surface area (Å²) in [5.41, 5.74) is 1.15. The van der Waals surface area contributed by atoms with Crippen LogP contribution in [-0.2, 0) is 4.74 Å². The number of anilines is 2. The van der Waals surface area contributed by atoms with Gasteiger partial charge in [0.05, 0.1) is 29.5 Å². The molecule has 5 nitrogen and oxygen atoms in total. The number of nitrogens with zero attached hydrogens (tertiary/aromatic N) is 2. The lowest BCUT2D eigenvalue weighted by molar-refractivity contribution is 0.142. The fraction of sp³-hybridized carbons (Fsp3) is 0.600. The van der Waals surface area contributed by atoms with E-state index in [0.717, 1.165) is 36.0 Å². The van der Waals surface area contributed by atoms with Gasteiger partial charge in [0.1, 0.15) is 11.9 Å². The van der Waals surface area contributed by atoms with Gasteiger partial charge in [-0.1, -0.05) is 31.5 Å². The molecule has 8 heteroatoms. The van der Waals surface area contributed by atoms with E-state index in [2.05, 4.69) is 10.2 Å². The highest BCUT2D eigenvalue weighted by Crippen LogP contribution is 2.30. The summed E-state index contributed by atoms with van der Waals surface area (Å²) in [4.78, 5) is 16.7. The number of amides is 1. The first kappa shape index (κ1) is 19.8. The summed E-state index contributed by atoms with van der Waals surface area (Å²) in [6.45, 7) is 2.60. The highest BCUT2D eigenvalue weighted by atomic mass is 32.2. The van der Waals surface area contributed by atoms with Gasteiger partial charge in [0, 0.05) is 31.0 Å². The van der Waals surface area contributed by atoms with Crippen LogP contribution in [0, 0.1) is 11.7 Å².